The number of hydrogen-bond acceptors (Lipinski definition) is 3. The molecule has 7 heteroatoms. The molecule has 0 aliphatic heterocycles. The summed E-state index contributed by atoms with van der Waals surface area (Å²) in [5.41, 5.74) is 5.90. The number of rotatable bonds is 0. The van der Waals surface area contributed by atoms with Gasteiger partial charge in [0.2, 0.25) is 5.96 Å². The van der Waals surface area contributed by atoms with Crippen molar-refractivity contribution in [1.82, 2.24) is 5.48 Å². The minimum absolute atomic E-state index is 0. The minimum Gasteiger partial charge on any atom is -0.481 e. The van der Waals surface area contributed by atoms with Gasteiger partial charge >= 0.3 is 0 Å². The van der Waals surface area contributed by atoms with Gasteiger partial charge < -0.3 is 10.8 Å². The fraction of sp³-hybridized carbons (Fsp3) is 0.333. The number of aliphatic carboxylic acids is 1. The maximum Gasteiger partial charge on any atom is 0.300 e. The predicted molar refractivity (Wildman–Crippen MR) is 30.1 cm³/mol. The Kier molecular flexibility index (Phi) is 17.8. The smallest absolute Gasteiger partial charge is 0.300 e. The van der Waals surface area contributed by atoms with Crippen LogP contribution in [0.15, 0.2) is 0 Å². The fourth-order valence-electron chi connectivity index (χ4n) is 0. The van der Waals surface area contributed by atoms with Crippen LogP contribution in [0.2, 0.25) is 0 Å². The number of hydrogen-bond donors (Lipinski definition) is 5. The van der Waals surface area contributed by atoms with Crippen LogP contribution >= 0.6 is 0 Å². The molecule has 64 valence electrons. The summed E-state index contributed by atoms with van der Waals surface area (Å²) in [6.45, 7) is 1.08. The number of guanidine groups is 1. The van der Waals surface area contributed by atoms with Crippen molar-refractivity contribution < 1.29 is 31.6 Å². The van der Waals surface area contributed by atoms with Crippen LogP contribution in [0.3, 0.4) is 0 Å². The maximum atomic E-state index is 9.00. The van der Waals surface area contributed by atoms with Crippen LogP contribution in [-0.2, 0) is 21.3 Å². The Bertz CT molecular complexity index is 103. The first-order valence-corrected chi connectivity index (χ1v) is 1.94. The van der Waals surface area contributed by atoms with Gasteiger partial charge in [0.15, 0.2) is 0 Å². The zero-order chi connectivity index (χ0) is 7.86. The summed E-state index contributed by atoms with van der Waals surface area (Å²) in [7, 11) is 0. The van der Waals surface area contributed by atoms with Crippen molar-refractivity contribution in [2.45, 2.75) is 6.92 Å². The van der Waals surface area contributed by atoms with Crippen molar-refractivity contribution in [2.24, 2.45) is 5.73 Å². The van der Waals surface area contributed by atoms with Gasteiger partial charge in [0.25, 0.3) is 5.97 Å². The first-order valence-electron chi connectivity index (χ1n) is 1.94. The topological polar surface area (TPSA) is 119 Å². The second-order valence-corrected chi connectivity index (χ2v) is 1.04. The van der Waals surface area contributed by atoms with E-state index in [2.05, 4.69) is 5.73 Å². The molecule has 0 radical (unpaired) electrons. The quantitative estimate of drug-likeness (QED) is 0.146. The van der Waals surface area contributed by atoms with E-state index in [0.29, 0.717) is 0 Å². The van der Waals surface area contributed by atoms with E-state index in [-0.39, 0.29) is 16.5 Å². The van der Waals surface area contributed by atoms with E-state index in [1.165, 1.54) is 5.48 Å². The van der Waals surface area contributed by atoms with Gasteiger partial charge in [-0.25, -0.2) is 5.48 Å². The number of carboxylic acid groups (broad SMARTS) is 1. The van der Waals surface area contributed by atoms with Gasteiger partial charge in [-0.3, -0.25) is 15.4 Å². The third-order valence-corrected chi connectivity index (χ3v) is 0.120. The zero-order valence-electron chi connectivity index (χ0n) is 5.20. The van der Waals surface area contributed by atoms with E-state index in [4.69, 9.17) is 20.5 Å². The van der Waals surface area contributed by atoms with E-state index >= 15 is 0 Å². The molecule has 10 heavy (non-hydrogen) atoms. The monoisotopic (exact) mass is 193 g/mol. The molecule has 0 aliphatic rings. The first-order chi connectivity index (χ1) is 4.00. The van der Waals surface area contributed by atoms with Crippen molar-refractivity contribution in [3.05, 3.63) is 0 Å². The molecule has 0 heterocycles. The predicted octanol–water partition coefficient (Wildman–Crippen LogP) is -1.05. The van der Waals surface area contributed by atoms with E-state index < -0.39 is 11.9 Å². The second-order valence-electron chi connectivity index (χ2n) is 1.04. The van der Waals surface area contributed by atoms with E-state index in [1.807, 2.05) is 0 Å². The molecule has 0 aliphatic carbocycles. The Balaban J connectivity index is -0.0000000910. The van der Waals surface area contributed by atoms with Gasteiger partial charge in [-0.2, -0.15) is 0 Å². The van der Waals surface area contributed by atoms with Crippen LogP contribution in [0.1, 0.15) is 6.92 Å². The maximum absolute atomic E-state index is 9.00. The average molecular weight is 194 g/mol. The Morgan fingerprint density at radius 2 is 1.80 bits per heavy atom. The molecule has 0 rings (SSSR count). The van der Waals surface area contributed by atoms with Crippen LogP contribution in [0.4, 0.5) is 0 Å². The summed E-state index contributed by atoms with van der Waals surface area (Å²) in [5, 5.41) is 21.1. The largest absolute Gasteiger partial charge is 0.481 e. The van der Waals surface area contributed by atoms with Crippen LogP contribution in [0.5, 0.6) is 0 Å². The van der Waals surface area contributed by atoms with Gasteiger partial charge in [0, 0.05) is 23.4 Å². The van der Waals surface area contributed by atoms with Crippen LogP contribution in [-0.4, -0.2) is 22.2 Å². The molecule has 6 nitrogen and oxygen atoms in total. The number of carbonyl (C=O) groups is 1. The summed E-state index contributed by atoms with van der Waals surface area (Å²) < 4.78 is 0. The first kappa shape index (κ1) is 16.1. The molecule has 0 saturated heterocycles. The summed E-state index contributed by atoms with van der Waals surface area (Å²) in [5.74, 6) is -1.27. The molecule has 0 fully saturated rings. The normalized spacial score (nSPS) is 5.80. The number of nitrogens with two attached hydrogens (primary N) is 1. The van der Waals surface area contributed by atoms with Gasteiger partial charge in [-0.05, 0) is 0 Å². The van der Waals surface area contributed by atoms with Crippen LogP contribution in [0, 0.1) is 5.41 Å². The molecule has 0 aromatic carbocycles. The summed E-state index contributed by atoms with van der Waals surface area (Å²) >= 11 is 0. The summed E-state index contributed by atoms with van der Waals surface area (Å²) in [6, 6.07) is 0. The van der Waals surface area contributed by atoms with E-state index in [9.17, 15) is 0 Å². The van der Waals surface area contributed by atoms with Gasteiger partial charge in [-0.15, -0.1) is 0 Å². The molecule has 0 saturated carbocycles. The van der Waals surface area contributed by atoms with Crippen molar-refractivity contribution in [2.75, 3.05) is 0 Å². The SMILES string of the molecule is CC(=O)O.N=C(N)NO.[Ni]. The molecular weight excluding hydrogens is 185 g/mol. The minimum atomic E-state index is -0.833. The Labute approximate surface area is 67.8 Å². The number of carboxylic acids is 1. The molecule has 0 amide bonds. The van der Waals surface area contributed by atoms with Crippen molar-refractivity contribution >= 4 is 11.9 Å². The number of hydroxylamine groups is 1. The van der Waals surface area contributed by atoms with E-state index in [1.54, 1.807) is 0 Å². The molecule has 6 N–H and O–H groups in total. The molecule has 0 spiro atoms. The van der Waals surface area contributed by atoms with Gasteiger partial charge in [0.1, 0.15) is 0 Å². The summed E-state index contributed by atoms with van der Waals surface area (Å²) in [4.78, 5) is 9.00. The second kappa shape index (κ2) is 11.1. The van der Waals surface area contributed by atoms with Crippen molar-refractivity contribution in [3.63, 3.8) is 0 Å². The molecule has 0 bridgehead atoms. The molecular formula is C3H9N3NiO3. The third-order valence-electron chi connectivity index (χ3n) is 0.120. The van der Waals surface area contributed by atoms with Crippen molar-refractivity contribution in [3.8, 4) is 0 Å². The van der Waals surface area contributed by atoms with Gasteiger partial charge in [0.05, 0.1) is 0 Å². The third kappa shape index (κ3) is 194. The Hall–Kier alpha value is -0.806. The van der Waals surface area contributed by atoms with Crippen molar-refractivity contribution in [1.29, 1.82) is 5.41 Å². The Morgan fingerprint density at radius 3 is 1.80 bits per heavy atom. The molecule has 0 aromatic heterocycles. The summed E-state index contributed by atoms with van der Waals surface area (Å²) in [6.07, 6.45) is 0. The molecule has 0 atom stereocenters. The number of nitrogens with one attached hydrogen (secondary N) is 2. The van der Waals surface area contributed by atoms with Gasteiger partial charge in [-0.1, -0.05) is 0 Å². The molecule has 0 unspecified atom stereocenters. The standard InChI is InChI=1S/C2H4O2.CH5N3O.Ni/c1-2(3)4;2-1(3)4-5;/h1H3,(H,3,4);5H,(H4,2,3,4);. The average Bonchev–Trinajstić information content (AvgIpc) is 1.65. The van der Waals surface area contributed by atoms with Crippen LogP contribution in [0.25, 0.3) is 0 Å². The zero-order valence-corrected chi connectivity index (χ0v) is 6.18. The molecule has 0 aromatic rings. The van der Waals surface area contributed by atoms with Crippen LogP contribution < -0.4 is 11.2 Å². The fourth-order valence-corrected chi connectivity index (χ4v) is 0. The van der Waals surface area contributed by atoms with E-state index in [0.717, 1.165) is 6.92 Å². The Morgan fingerprint density at radius 1 is 1.70 bits per heavy atom.